The normalized spacial score (nSPS) is 23.5. The number of ether oxygens (including phenoxy) is 8. The molecular weight excluding hydrogens is 765 g/mol. The molecule has 0 radical (unpaired) electrons. The molecule has 1 N–H and O–H groups in total. The van der Waals surface area contributed by atoms with E-state index in [1.165, 1.54) is 0 Å². The van der Waals surface area contributed by atoms with Gasteiger partial charge in [-0.1, -0.05) is 91.0 Å². The van der Waals surface area contributed by atoms with Crippen LogP contribution in [0.4, 0.5) is 26.7 Å². The summed E-state index contributed by atoms with van der Waals surface area (Å²) >= 11 is 5.12. The highest BCUT2D eigenvalue weighted by atomic mass is 32.1. The number of hydrogen-bond donors (Lipinski definition) is 1. The van der Waals surface area contributed by atoms with Crippen molar-refractivity contribution in [3.63, 3.8) is 0 Å². The lowest BCUT2D eigenvalue weighted by Crippen LogP contribution is -2.77. The van der Waals surface area contributed by atoms with E-state index in [-0.39, 0.29) is 19.8 Å². The molecule has 2 aliphatic heterocycles. The maximum Gasteiger partial charge on any atom is 0.408 e. The molecule has 2 fully saturated rings. The zero-order chi connectivity index (χ0) is 40.0. The predicted molar refractivity (Wildman–Crippen MR) is 192 cm³/mol. The monoisotopic (exact) mass is 803 g/mol. The number of alkyl carbamates (subject to hydrolysis) is 1. The number of carbonyl (C=O) groups excluding carboxylic acids is 1. The molecule has 0 aliphatic carbocycles. The van der Waals surface area contributed by atoms with Crippen LogP contribution in [-0.2, 0) is 46.4 Å². The van der Waals surface area contributed by atoms with Gasteiger partial charge in [-0.15, -0.1) is 0 Å². The fourth-order valence-corrected chi connectivity index (χ4v) is 6.28. The van der Waals surface area contributed by atoms with Crippen LogP contribution in [0.5, 0.6) is 5.75 Å². The standard InChI is InChI=1S/C40H38F5NO9S/c1-39(2,3)55-37(47)46-40(22-51-38(56)54-33-30(44)28(42)27(41)29(43)31(33)45)34(48-19-23-13-7-4-8-14-23)32-26(21-49-35(53-32)25-17-11-6-12-18-25)52-36(40)50-20-24-15-9-5-10-16-24/h4-18,26,32,34-36H,19-22H2,1-3H3,(H,46,47)/t26-,32-,34+,35?,36-,40-/m1/s1. The lowest BCUT2D eigenvalue weighted by Gasteiger charge is -2.54. The van der Waals surface area contributed by atoms with Crippen LogP contribution in [-0.4, -0.2) is 60.3 Å². The molecule has 1 unspecified atom stereocenters. The van der Waals surface area contributed by atoms with Crippen LogP contribution in [0.15, 0.2) is 91.0 Å². The summed E-state index contributed by atoms with van der Waals surface area (Å²) in [6.45, 7) is 3.95. The summed E-state index contributed by atoms with van der Waals surface area (Å²) in [5.41, 5.74) is -0.952. The van der Waals surface area contributed by atoms with Crippen LogP contribution < -0.4 is 10.1 Å². The predicted octanol–water partition coefficient (Wildman–Crippen LogP) is 7.97. The van der Waals surface area contributed by atoms with Crippen molar-refractivity contribution in [1.29, 1.82) is 0 Å². The minimum atomic E-state index is -2.39. The van der Waals surface area contributed by atoms with E-state index in [2.05, 4.69) is 5.32 Å². The largest absolute Gasteiger partial charge is 0.454 e. The van der Waals surface area contributed by atoms with Gasteiger partial charge in [-0.25, -0.2) is 18.0 Å². The number of benzene rings is 4. The average Bonchev–Trinajstić information content (AvgIpc) is 3.19. The zero-order valence-corrected chi connectivity index (χ0v) is 31.2. The highest BCUT2D eigenvalue weighted by Gasteiger charge is 2.62. The number of rotatable bonds is 11. The number of thiocarbonyl (C=S) groups is 1. The molecule has 1 amide bonds. The second-order valence-electron chi connectivity index (χ2n) is 13.9. The Morgan fingerprint density at radius 2 is 1.32 bits per heavy atom. The number of carbonyl (C=O) groups is 1. The molecule has 2 aliphatic rings. The highest BCUT2D eigenvalue weighted by molar-refractivity contribution is 7.79. The first-order valence-electron chi connectivity index (χ1n) is 17.4. The second-order valence-corrected chi connectivity index (χ2v) is 14.2. The first-order chi connectivity index (χ1) is 26.8. The molecule has 0 saturated carbocycles. The number of fused-ring (bicyclic) bond motifs is 1. The number of nitrogens with one attached hydrogen (secondary N) is 1. The van der Waals surface area contributed by atoms with Crippen LogP contribution >= 0.6 is 12.2 Å². The van der Waals surface area contributed by atoms with E-state index in [1.807, 2.05) is 30.3 Å². The molecule has 16 heteroatoms. The van der Waals surface area contributed by atoms with Gasteiger partial charge in [0.05, 0.1) is 19.8 Å². The summed E-state index contributed by atoms with van der Waals surface area (Å²) in [5, 5.41) is 1.72. The maximum atomic E-state index is 14.6. The Morgan fingerprint density at radius 3 is 1.89 bits per heavy atom. The third-order valence-corrected chi connectivity index (χ3v) is 8.89. The van der Waals surface area contributed by atoms with Crippen molar-refractivity contribution in [2.24, 2.45) is 0 Å². The molecular formula is C40H38F5NO9S. The van der Waals surface area contributed by atoms with Gasteiger partial charge in [0.25, 0.3) is 0 Å². The third kappa shape index (κ3) is 9.45. The van der Waals surface area contributed by atoms with Crippen molar-refractivity contribution >= 4 is 23.5 Å². The number of hydrogen-bond acceptors (Lipinski definition) is 10. The minimum absolute atomic E-state index is 0.0221. The van der Waals surface area contributed by atoms with Gasteiger partial charge in [0, 0.05) is 17.8 Å². The van der Waals surface area contributed by atoms with E-state index in [1.54, 1.807) is 81.4 Å². The maximum absolute atomic E-state index is 14.6. The average molecular weight is 804 g/mol. The van der Waals surface area contributed by atoms with E-state index in [0.29, 0.717) is 11.1 Å². The lowest BCUT2D eigenvalue weighted by molar-refractivity contribution is -0.370. The van der Waals surface area contributed by atoms with Crippen molar-refractivity contribution in [2.75, 3.05) is 13.2 Å². The van der Waals surface area contributed by atoms with Crippen LogP contribution in [0.3, 0.4) is 0 Å². The third-order valence-electron chi connectivity index (χ3n) is 8.69. The van der Waals surface area contributed by atoms with Gasteiger partial charge >= 0.3 is 11.3 Å². The fourth-order valence-electron chi connectivity index (χ4n) is 6.14. The zero-order valence-electron chi connectivity index (χ0n) is 30.3. The van der Waals surface area contributed by atoms with E-state index in [0.717, 1.165) is 5.56 Å². The van der Waals surface area contributed by atoms with Crippen LogP contribution in [0.25, 0.3) is 0 Å². The second kappa shape index (κ2) is 17.6. The smallest absolute Gasteiger partial charge is 0.408 e. The van der Waals surface area contributed by atoms with Crippen molar-refractivity contribution in [3.05, 3.63) is 137 Å². The first kappa shape index (κ1) is 40.9. The first-order valence-corrected chi connectivity index (χ1v) is 17.8. The molecule has 4 aromatic carbocycles. The van der Waals surface area contributed by atoms with E-state index < -0.39 is 94.8 Å². The molecule has 6 atom stereocenters. The Labute approximate surface area is 324 Å². The molecule has 6 rings (SSSR count). The molecule has 0 spiro atoms. The summed E-state index contributed by atoms with van der Waals surface area (Å²) in [6.07, 6.45) is -6.61. The SMILES string of the molecule is CC(C)(C)OC(=O)N[C@@]1(COC(=S)Oc2c(F)c(F)c(F)c(F)c2F)[C@H](OCc2ccccc2)O[C@@H]2COC(c3ccccc3)O[C@H]2[C@@H]1OCc1ccccc1. The summed E-state index contributed by atoms with van der Waals surface area (Å²) < 4.78 is 120. The summed E-state index contributed by atoms with van der Waals surface area (Å²) in [5.74, 6) is -13.2. The summed E-state index contributed by atoms with van der Waals surface area (Å²) in [4.78, 5) is 13.8. The Morgan fingerprint density at radius 1 is 0.786 bits per heavy atom. The topological polar surface area (TPSA) is 103 Å². The van der Waals surface area contributed by atoms with E-state index in [4.69, 9.17) is 50.1 Å². The number of halogens is 5. The molecule has 56 heavy (non-hydrogen) atoms. The van der Waals surface area contributed by atoms with Gasteiger partial charge in [0.1, 0.15) is 30.5 Å². The van der Waals surface area contributed by atoms with Gasteiger partial charge in [-0.05, 0) is 31.9 Å². The van der Waals surface area contributed by atoms with Gasteiger partial charge in [-0.2, -0.15) is 8.78 Å². The molecule has 10 nitrogen and oxygen atoms in total. The quantitative estimate of drug-likeness (QED) is 0.0696. The lowest BCUT2D eigenvalue weighted by atomic mass is 9.82. The van der Waals surface area contributed by atoms with Gasteiger partial charge < -0.3 is 43.2 Å². The van der Waals surface area contributed by atoms with E-state index >= 15 is 0 Å². The van der Waals surface area contributed by atoms with Crippen LogP contribution in [0.1, 0.15) is 43.8 Å². The highest BCUT2D eigenvalue weighted by Crippen LogP contribution is 2.42. The Kier molecular flexibility index (Phi) is 12.9. The van der Waals surface area contributed by atoms with Crippen molar-refractivity contribution < 1.29 is 64.6 Å². The van der Waals surface area contributed by atoms with Gasteiger partial charge in [0.2, 0.25) is 34.8 Å². The van der Waals surface area contributed by atoms with Gasteiger partial charge in [0.15, 0.2) is 18.1 Å². The molecule has 0 aromatic heterocycles. The Balaban J connectivity index is 1.43. The fraction of sp³-hybridized carbons (Fsp3) is 0.350. The van der Waals surface area contributed by atoms with Crippen molar-refractivity contribution in [2.45, 2.75) is 76.0 Å². The number of amides is 1. The molecule has 2 saturated heterocycles. The minimum Gasteiger partial charge on any atom is -0.454 e. The molecule has 4 aromatic rings. The van der Waals surface area contributed by atoms with Crippen LogP contribution in [0.2, 0.25) is 0 Å². The summed E-state index contributed by atoms with van der Waals surface area (Å²) in [7, 11) is 0. The molecule has 0 bridgehead atoms. The summed E-state index contributed by atoms with van der Waals surface area (Å²) in [6, 6.07) is 27.0. The Hall–Kier alpha value is -4.71. The van der Waals surface area contributed by atoms with Gasteiger partial charge in [-0.3, -0.25) is 0 Å². The Bertz CT molecular complexity index is 1950. The van der Waals surface area contributed by atoms with Crippen LogP contribution in [0, 0.1) is 29.1 Å². The molecule has 2 heterocycles. The molecule has 298 valence electrons. The van der Waals surface area contributed by atoms with Crippen molar-refractivity contribution in [3.8, 4) is 5.75 Å². The van der Waals surface area contributed by atoms with Crippen molar-refractivity contribution in [1.82, 2.24) is 5.32 Å². The van der Waals surface area contributed by atoms with E-state index in [9.17, 15) is 26.7 Å².